The van der Waals surface area contributed by atoms with Crippen LogP contribution in [0.4, 0.5) is 5.69 Å². The topological polar surface area (TPSA) is 97.4 Å². The van der Waals surface area contributed by atoms with Gasteiger partial charge in [-0.15, -0.1) is 0 Å². The lowest BCUT2D eigenvalue weighted by atomic mass is 9.84. The number of aryl methyl sites for hydroxylation is 1. The van der Waals surface area contributed by atoms with E-state index in [2.05, 4.69) is 5.32 Å². The van der Waals surface area contributed by atoms with Crippen LogP contribution in [0.3, 0.4) is 0 Å². The smallest absolute Gasteiger partial charge is 0.239 e. The summed E-state index contributed by atoms with van der Waals surface area (Å²) in [5.41, 5.74) is 2.24. The van der Waals surface area contributed by atoms with Gasteiger partial charge in [-0.2, -0.15) is 0 Å². The number of ketones is 2. The van der Waals surface area contributed by atoms with Crippen molar-refractivity contribution in [3.05, 3.63) is 94.5 Å². The summed E-state index contributed by atoms with van der Waals surface area (Å²) >= 11 is 0. The molecule has 1 aliphatic carbocycles. The normalized spacial score (nSPS) is 12.8. The molecule has 1 amide bonds. The lowest BCUT2D eigenvalue weighted by molar-refractivity contribution is -0.113. The maximum absolute atomic E-state index is 12.8. The minimum atomic E-state index is -3.81. The Balaban J connectivity index is 1.56. The maximum atomic E-state index is 12.8. The van der Waals surface area contributed by atoms with Crippen LogP contribution in [-0.2, 0) is 14.6 Å². The zero-order valence-corrected chi connectivity index (χ0v) is 16.8. The molecule has 0 bridgehead atoms. The fraction of sp³-hybridized carbons (Fsp3) is 0.0870. The van der Waals surface area contributed by atoms with Crippen LogP contribution in [0.25, 0.3) is 0 Å². The third-order valence-electron chi connectivity index (χ3n) is 4.91. The van der Waals surface area contributed by atoms with Gasteiger partial charge in [0.25, 0.3) is 0 Å². The van der Waals surface area contributed by atoms with E-state index in [9.17, 15) is 22.8 Å². The molecule has 30 heavy (non-hydrogen) atoms. The summed E-state index contributed by atoms with van der Waals surface area (Å²) in [6.45, 7) is 1.84. The number of rotatable bonds is 4. The first-order valence-electron chi connectivity index (χ1n) is 9.18. The molecule has 6 nitrogen and oxygen atoms in total. The number of carbonyl (C=O) groups is 3. The van der Waals surface area contributed by atoms with E-state index in [1.165, 1.54) is 30.3 Å². The van der Waals surface area contributed by atoms with Crippen LogP contribution in [-0.4, -0.2) is 31.6 Å². The Hall–Kier alpha value is -3.58. The fourth-order valence-electron chi connectivity index (χ4n) is 3.38. The molecule has 150 valence electrons. The highest BCUT2D eigenvalue weighted by atomic mass is 32.2. The molecule has 1 aliphatic rings. The maximum Gasteiger partial charge on any atom is 0.239 e. The highest BCUT2D eigenvalue weighted by Crippen LogP contribution is 2.29. The van der Waals surface area contributed by atoms with Crippen molar-refractivity contribution in [1.29, 1.82) is 0 Å². The molecule has 0 unspecified atom stereocenters. The summed E-state index contributed by atoms with van der Waals surface area (Å²) in [6.07, 6.45) is 0. The molecule has 0 aromatic heterocycles. The van der Waals surface area contributed by atoms with Gasteiger partial charge in [-0.3, -0.25) is 14.4 Å². The molecule has 0 aliphatic heterocycles. The number of anilines is 1. The largest absolute Gasteiger partial charge is 0.325 e. The van der Waals surface area contributed by atoms with Gasteiger partial charge >= 0.3 is 0 Å². The Morgan fingerprint density at radius 3 is 2.00 bits per heavy atom. The third kappa shape index (κ3) is 3.55. The molecule has 3 aromatic carbocycles. The zero-order valence-electron chi connectivity index (χ0n) is 16.0. The van der Waals surface area contributed by atoms with E-state index in [4.69, 9.17) is 0 Å². The highest BCUT2D eigenvalue weighted by molar-refractivity contribution is 7.92. The Morgan fingerprint density at radius 2 is 1.37 bits per heavy atom. The molecule has 1 N–H and O–H groups in total. The Labute approximate surface area is 173 Å². The predicted molar refractivity (Wildman–Crippen MR) is 112 cm³/mol. The van der Waals surface area contributed by atoms with Gasteiger partial charge in [0.15, 0.2) is 21.4 Å². The zero-order chi connectivity index (χ0) is 21.5. The molecule has 7 heteroatoms. The third-order valence-corrected chi connectivity index (χ3v) is 6.54. The van der Waals surface area contributed by atoms with E-state index in [-0.39, 0.29) is 33.3 Å². The van der Waals surface area contributed by atoms with E-state index in [1.54, 1.807) is 36.4 Å². The van der Waals surface area contributed by atoms with Crippen LogP contribution in [0.15, 0.2) is 71.6 Å². The van der Waals surface area contributed by atoms with Crippen LogP contribution in [0.5, 0.6) is 0 Å². The molecule has 0 atom stereocenters. The van der Waals surface area contributed by atoms with Gasteiger partial charge in [-0.05, 0) is 37.3 Å². The second-order valence-electron chi connectivity index (χ2n) is 7.08. The lowest BCUT2D eigenvalue weighted by Crippen LogP contribution is -2.24. The van der Waals surface area contributed by atoms with Crippen molar-refractivity contribution in [2.24, 2.45) is 0 Å². The second kappa shape index (κ2) is 7.35. The van der Waals surface area contributed by atoms with Gasteiger partial charge in [0.05, 0.1) is 4.90 Å². The molecule has 0 fully saturated rings. The molecule has 0 saturated heterocycles. The van der Waals surface area contributed by atoms with Crippen molar-refractivity contribution < 1.29 is 22.8 Å². The van der Waals surface area contributed by atoms with Gasteiger partial charge in [0.1, 0.15) is 5.75 Å². The number of nitrogens with one attached hydrogen (secondary N) is 1. The molecule has 0 saturated carbocycles. The van der Waals surface area contributed by atoms with Gasteiger partial charge in [0.2, 0.25) is 5.91 Å². The van der Waals surface area contributed by atoms with Gasteiger partial charge in [0, 0.05) is 27.9 Å². The summed E-state index contributed by atoms with van der Waals surface area (Å²) in [4.78, 5) is 37.8. The number of hydrogen-bond donors (Lipinski definition) is 1. The first-order valence-corrected chi connectivity index (χ1v) is 10.8. The van der Waals surface area contributed by atoms with E-state index in [0.29, 0.717) is 11.1 Å². The fourth-order valence-corrected chi connectivity index (χ4v) is 4.51. The minimum Gasteiger partial charge on any atom is -0.325 e. The summed E-state index contributed by atoms with van der Waals surface area (Å²) in [7, 11) is -3.81. The number of fused-ring (bicyclic) bond motifs is 2. The monoisotopic (exact) mass is 419 g/mol. The average Bonchev–Trinajstić information content (AvgIpc) is 2.72. The van der Waals surface area contributed by atoms with Gasteiger partial charge in [-0.25, -0.2) is 8.42 Å². The first-order chi connectivity index (χ1) is 14.3. The SMILES string of the molecule is Cc1ccc(S(=O)(=O)CC(=O)Nc2ccc3c(c2)C(=O)c2ccccc2C3=O)cc1. The standard InChI is InChI=1S/C23H17NO5S/c1-14-6-9-16(10-7-14)30(28,29)13-21(25)24-15-8-11-19-20(12-15)23(27)18-5-3-2-4-17(18)22(19)26/h2-12H,13H2,1H3,(H,24,25). The average molecular weight is 419 g/mol. The number of hydrogen-bond acceptors (Lipinski definition) is 5. The van der Waals surface area contributed by atoms with Crippen LogP contribution >= 0.6 is 0 Å². The molecular weight excluding hydrogens is 402 g/mol. The first kappa shape index (κ1) is 19.7. The van der Waals surface area contributed by atoms with Gasteiger partial charge in [-0.1, -0.05) is 42.0 Å². The quantitative estimate of drug-likeness (QED) is 0.548. The minimum absolute atomic E-state index is 0.0612. The Morgan fingerprint density at radius 1 is 0.800 bits per heavy atom. The van der Waals surface area contributed by atoms with Crippen molar-refractivity contribution in [3.63, 3.8) is 0 Å². The van der Waals surface area contributed by atoms with Crippen molar-refractivity contribution >= 4 is 33.0 Å². The van der Waals surface area contributed by atoms with E-state index < -0.39 is 21.5 Å². The Bertz CT molecular complexity index is 1310. The van der Waals surface area contributed by atoms with Crippen LogP contribution in [0, 0.1) is 6.92 Å². The van der Waals surface area contributed by atoms with Crippen LogP contribution in [0.2, 0.25) is 0 Å². The highest BCUT2D eigenvalue weighted by Gasteiger charge is 2.29. The lowest BCUT2D eigenvalue weighted by Gasteiger charge is -2.18. The number of benzene rings is 3. The summed E-state index contributed by atoms with van der Waals surface area (Å²) < 4.78 is 24.9. The predicted octanol–water partition coefficient (Wildman–Crippen LogP) is 3.18. The van der Waals surface area contributed by atoms with E-state index in [0.717, 1.165) is 5.56 Å². The number of carbonyl (C=O) groups excluding carboxylic acids is 3. The molecule has 0 heterocycles. The molecule has 4 rings (SSSR count). The van der Waals surface area contributed by atoms with E-state index >= 15 is 0 Å². The number of sulfone groups is 1. The molecular formula is C23H17NO5S. The van der Waals surface area contributed by atoms with Gasteiger partial charge < -0.3 is 5.32 Å². The van der Waals surface area contributed by atoms with Crippen molar-refractivity contribution in [1.82, 2.24) is 0 Å². The molecule has 3 aromatic rings. The Kier molecular flexibility index (Phi) is 4.83. The molecule has 0 radical (unpaired) electrons. The summed E-state index contributed by atoms with van der Waals surface area (Å²) in [5.74, 6) is -2.04. The second-order valence-corrected chi connectivity index (χ2v) is 9.07. The van der Waals surface area contributed by atoms with Crippen LogP contribution in [0.1, 0.15) is 37.4 Å². The number of amides is 1. The van der Waals surface area contributed by atoms with Crippen LogP contribution < -0.4 is 5.32 Å². The van der Waals surface area contributed by atoms with E-state index in [1.807, 2.05) is 6.92 Å². The van der Waals surface area contributed by atoms with Crippen molar-refractivity contribution in [2.75, 3.05) is 11.1 Å². The summed E-state index contributed by atoms with van der Waals surface area (Å²) in [6, 6.07) is 17.1. The summed E-state index contributed by atoms with van der Waals surface area (Å²) in [5, 5.41) is 2.51. The molecule has 0 spiro atoms. The van der Waals surface area contributed by atoms with Crippen molar-refractivity contribution in [3.8, 4) is 0 Å². The van der Waals surface area contributed by atoms with Crippen molar-refractivity contribution in [2.45, 2.75) is 11.8 Å².